The normalized spacial score (nSPS) is 21.4. The number of hydrogen-bond acceptors (Lipinski definition) is 3. The van der Waals surface area contributed by atoms with Gasteiger partial charge in [0, 0.05) is 26.9 Å². The average molecular weight is 332 g/mol. The van der Waals surface area contributed by atoms with Crippen LogP contribution in [0.1, 0.15) is 48.4 Å². The van der Waals surface area contributed by atoms with Gasteiger partial charge in [0.25, 0.3) is 0 Å². The van der Waals surface area contributed by atoms with Crippen LogP contribution in [0.4, 0.5) is 0 Å². The monoisotopic (exact) mass is 331 g/mol. The molecule has 1 aliphatic rings. The van der Waals surface area contributed by atoms with Gasteiger partial charge >= 0.3 is 0 Å². The summed E-state index contributed by atoms with van der Waals surface area (Å²) in [6.07, 6.45) is 5.30. The van der Waals surface area contributed by atoms with Crippen LogP contribution in [0.5, 0.6) is 0 Å². The Kier molecular flexibility index (Phi) is 5.67. The first-order chi connectivity index (χ1) is 8.70. The van der Waals surface area contributed by atoms with E-state index < -0.39 is 0 Å². The second-order valence-corrected chi connectivity index (χ2v) is 7.03. The fourth-order valence-electron chi connectivity index (χ4n) is 2.54. The molecule has 0 saturated carbocycles. The zero-order chi connectivity index (χ0) is 13.0. The number of thiophene rings is 1. The van der Waals surface area contributed by atoms with Crippen molar-refractivity contribution in [3.8, 4) is 0 Å². The standard InChI is InChI=1S/C14H22BrNOS/c1-3-16-13(7-6-11-5-4-8-17-11)14-12(15)9-10(2)18-14/h9,11,13,16H,3-8H2,1-2H3. The van der Waals surface area contributed by atoms with Gasteiger partial charge in [-0.15, -0.1) is 11.3 Å². The van der Waals surface area contributed by atoms with E-state index in [4.69, 9.17) is 4.74 Å². The summed E-state index contributed by atoms with van der Waals surface area (Å²) in [5, 5.41) is 3.60. The van der Waals surface area contributed by atoms with Crippen molar-refractivity contribution in [3.05, 3.63) is 20.3 Å². The van der Waals surface area contributed by atoms with Gasteiger partial charge in [-0.2, -0.15) is 0 Å². The molecule has 0 spiro atoms. The molecule has 2 heterocycles. The lowest BCUT2D eigenvalue weighted by Crippen LogP contribution is -2.22. The van der Waals surface area contributed by atoms with Gasteiger partial charge in [0.15, 0.2) is 0 Å². The van der Waals surface area contributed by atoms with Gasteiger partial charge in [0.2, 0.25) is 0 Å². The lowest BCUT2D eigenvalue weighted by atomic mass is 10.0. The molecule has 2 atom stereocenters. The summed E-state index contributed by atoms with van der Waals surface area (Å²) in [7, 11) is 0. The number of hydrogen-bond donors (Lipinski definition) is 1. The van der Waals surface area contributed by atoms with Crippen molar-refractivity contribution < 1.29 is 4.74 Å². The van der Waals surface area contributed by atoms with E-state index in [1.54, 1.807) is 0 Å². The SMILES string of the molecule is CCNC(CCC1CCCO1)c1sc(C)cc1Br. The summed E-state index contributed by atoms with van der Waals surface area (Å²) in [5.41, 5.74) is 0. The van der Waals surface area contributed by atoms with Crippen molar-refractivity contribution >= 4 is 27.3 Å². The van der Waals surface area contributed by atoms with E-state index >= 15 is 0 Å². The van der Waals surface area contributed by atoms with Crippen LogP contribution >= 0.6 is 27.3 Å². The Hall–Kier alpha value is 0.100. The third-order valence-electron chi connectivity index (χ3n) is 3.40. The number of aryl methyl sites for hydroxylation is 1. The van der Waals surface area contributed by atoms with E-state index in [2.05, 4.69) is 41.2 Å². The van der Waals surface area contributed by atoms with Crippen LogP contribution in [-0.2, 0) is 4.74 Å². The Morgan fingerprint density at radius 3 is 3.00 bits per heavy atom. The van der Waals surface area contributed by atoms with Crippen molar-refractivity contribution in [3.63, 3.8) is 0 Å². The minimum Gasteiger partial charge on any atom is -0.378 e. The molecule has 0 aliphatic carbocycles. The summed E-state index contributed by atoms with van der Waals surface area (Å²) in [4.78, 5) is 2.81. The molecule has 1 N–H and O–H groups in total. The first-order valence-corrected chi connectivity index (χ1v) is 8.42. The number of nitrogens with one attached hydrogen (secondary N) is 1. The highest BCUT2D eigenvalue weighted by atomic mass is 79.9. The van der Waals surface area contributed by atoms with Gasteiger partial charge in [-0.1, -0.05) is 6.92 Å². The van der Waals surface area contributed by atoms with Gasteiger partial charge in [0.05, 0.1) is 6.10 Å². The molecule has 18 heavy (non-hydrogen) atoms. The lowest BCUT2D eigenvalue weighted by molar-refractivity contribution is 0.0997. The van der Waals surface area contributed by atoms with E-state index in [0.717, 1.165) is 19.6 Å². The maximum Gasteiger partial charge on any atom is 0.0576 e. The number of halogens is 1. The molecule has 102 valence electrons. The van der Waals surface area contributed by atoms with E-state index in [-0.39, 0.29) is 0 Å². The molecule has 1 saturated heterocycles. The van der Waals surface area contributed by atoms with Crippen LogP contribution in [0.15, 0.2) is 10.5 Å². The topological polar surface area (TPSA) is 21.3 Å². The molecule has 4 heteroatoms. The molecule has 0 bridgehead atoms. The van der Waals surface area contributed by atoms with Crippen molar-refractivity contribution in [1.29, 1.82) is 0 Å². The van der Waals surface area contributed by atoms with Crippen molar-refractivity contribution in [1.82, 2.24) is 5.32 Å². The number of rotatable bonds is 6. The van der Waals surface area contributed by atoms with Gasteiger partial charge in [-0.25, -0.2) is 0 Å². The highest BCUT2D eigenvalue weighted by Gasteiger charge is 2.20. The number of ether oxygens (including phenoxy) is 1. The molecule has 1 aliphatic heterocycles. The summed E-state index contributed by atoms with van der Waals surface area (Å²) < 4.78 is 6.97. The molecule has 0 radical (unpaired) electrons. The minimum atomic E-state index is 0.465. The van der Waals surface area contributed by atoms with E-state index in [1.165, 1.54) is 33.5 Å². The summed E-state index contributed by atoms with van der Waals surface area (Å²) in [5.74, 6) is 0. The van der Waals surface area contributed by atoms with Crippen LogP contribution < -0.4 is 5.32 Å². The zero-order valence-electron chi connectivity index (χ0n) is 11.2. The summed E-state index contributed by atoms with van der Waals surface area (Å²) in [6.45, 7) is 6.31. The Balaban J connectivity index is 1.96. The Morgan fingerprint density at radius 2 is 2.44 bits per heavy atom. The smallest absolute Gasteiger partial charge is 0.0576 e. The molecule has 0 amide bonds. The Morgan fingerprint density at radius 1 is 1.61 bits per heavy atom. The molecule has 2 unspecified atom stereocenters. The second kappa shape index (κ2) is 7.04. The van der Waals surface area contributed by atoms with E-state index in [9.17, 15) is 0 Å². The van der Waals surface area contributed by atoms with Crippen LogP contribution in [-0.4, -0.2) is 19.3 Å². The quantitative estimate of drug-likeness (QED) is 0.832. The molecular formula is C14H22BrNOS. The predicted octanol–water partition coefficient (Wildman–Crippen LogP) is 4.43. The predicted molar refractivity (Wildman–Crippen MR) is 81.4 cm³/mol. The lowest BCUT2D eigenvalue weighted by Gasteiger charge is -2.19. The molecular weight excluding hydrogens is 310 g/mol. The maximum atomic E-state index is 5.72. The first-order valence-electron chi connectivity index (χ1n) is 6.81. The largest absolute Gasteiger partial charge is 0.378 e. The van der Waals surface area contributed by atoms with E-state index in [0.29, 0.717) is 12.1 Å². The minimum absolute atomic E-state index is 0.465. The van der Waals surface area contributed by atoms with Gasteiger partial charge < -0.3 is 10.1 Å². The van der Waals surface area contributed by atoms with E-state index in [1.807, 2.05) is 11.3 Å². The highest BCUT2D eigenvalue weighted by Crippen LogP contribution is 2.35. The molecule has 0 aromatic carbocycles. The van der Waals surface area contributed by atoms with Gasteiger partial charge in [0.1, 0.15) is 0 Å². The van der Waals surface area contributed by atoms with Crippen molar-refractivity contribution in [2.45, 2.75) is 51.7 Å². The Bertz CT molecular complexity index is 374. The van der Waals surface area contributed by atoms with Crippen LogP contribution in [0.25, 0.3) is 0 Å². The maximum absolute atomic E-state index is 5.72. The van der Waals surface area contributed by atoms with Crippen LogP contribution in [0, 0.1) is 6.92 Å². The fraction of sp³-hybridized carbons (Fsp3) is 0.714. The summed E-state index contributed by atoms with van der Waals surface area (Å²) >= 11 is 5.58. The van der Waals surface area contributed by atoms with Gasteiger partial charge in [-0.05, 0) is 61.1 Å². The van der Waals surface area contributed by atoms with Crippen molar-refractivity contribution in [2.24, 2.45) is 0 Å². The molecule has 2 nitrogen and oxygen atoms in total. The molecule has 1 fully saturated rings. The van der Waals surface area contributed by atoms with Crippen LogP contribution in [0.3, 0.4) is 0 Å². The molecule has 1 aromatic rings. The van der Waals surface area contributed by atoms with Gasteiger partial charge in [-0.3, -0.25) is 0 Å². The third-order valence-corrected chi connectivity index (χ3v) is 5.49. The fourth-order valence-corrected chi connectivity index (χ4v) is 4.57. The highest BCUT2D eigenvalue weighted by molar-refractivity contribution is 9.10. The third kappa shape index (κ3) is 3.80. The van der Waals surface area contributed by atoms with Crippen molar-refractivity contribution in [2.75, 3.05) is 13.2 Å². The zero-order valence-corrected chi connectivity index (χ0v) is 13.6. The molecule has 2 rings (SSSR count). The average Bonchev–Trinajstić information content (AvgIpc) is 2.94. The summed E-state index contributed by atoms with van der Waals surface area (Å²) in [6, 6.07) is 2.68. The Labute approximate surface area is 122 Å². The molecule has 1 aromatic heterocycles. The second-order valence-electron chi connectivity index (χ2n) is 4.89. The van der Waals surface area contributed by atoms with Crippen LogP contribution in [0.2, 0.25) is 0 Å². The first kappa shape index (κ1) is 14.5.